The molecule has 0 bridgehead atoms. The number of urea groups is 1. The summed E-state index contributed by atoms with van der Waals surface area (Å²) in [4.78, 5) is 12.1. The molecule has 104 valence electrons. The SMILES string of the molecule is COc1ccccc1NC(=O)NC1(CN)CCCC1. The van der Waals surface area contributed by atoms with E-state index in [2.05, 4.69) is 10.6 Å². The van der Waals surface area contributed by atoms with Crippen LogP contribution in [0.2, 0.25) is 0 Å². The van der Waals surface area contributed by atoms with Crippen LogP contribution in [0.1, 0.15) is 25.7 Å². The minimum atomic E-state index is -0.244. The van der Waals surface area contributed by atoms with E-state index in [0.717, 1.165) is 25.7 Å². The topological polar surface area (TPSA) is 76.4 Å². The Morgan fingerprint density at radius 1 is 1.37 bits per heavy atom. The fourth-order valence-electron chi connectivity index (χ4n) is 2.57. The maximum absolute atomic E-state index is 12.1. The Morgan fingerprint density at radius 2 is 2.05 bits per heavy atom. The van der Waals surface area contributed by atoms with Crippen molar-refractivity contribution in [3.05, 3.63) is 24.3 Å². The number of carbonyl (C=O) groups is 1. The summed E-state index contributed by atoms with van der Waals surface area (Å²) in [5.74, 6) is 0.644. The summed E-state index contributed by atoms with van der Waals surface area (Å²) < 4.78 is 5.20. The van der Waals surface area contributed by atoms with Crippen molar-refractivity contribution in [3.8, 4) is 5.75 Å². The molecule has 1 aliphatic rings. The van der Waals surface area contributed by atoms with Gasteiger partial charge in [-0.15, -0.1) is 0 Å². The van der Waals surface area contributed by atoms with Crippen LogP contribution in [0.3, 0.4) is 0 Å². The molecule has 2 amide bonds. The Morgan fingerprint density at radius 3 is 2.68 bits per heavy atom. The quantitative estimate of drug-likeness (QED) is 0.778. The summed E-state index contributed by atoms with van der Waals surface area (Å²) >= 11 is 0. The number of hydrogen-bond acceptors (Lipinski definition) is 3. The Hall–Kier alpha value is -1.75. The highest BCUT2D eigenvalue weighted by Gasteiger charge is 2.33. The van der Waals surface area contributed by atoms with Gasteiger partial charge in [-0.2, -0.15) is 0 Å². The van der Waals surface area contributed by atoms with Gasteiger partial charge >= 0.3 is 6.03 Å². The summed E-state index contributed by atoms with van der Waals surface area (Å²) in [6, 6.07) is 7.11. The number of para-hydroxylation sites is 2. The van der Waals surface area contributed by atoms with E-state index in [9.17, 15) is 4.79 Å². The lowest BCUT2D eigenvalue weighted by atomic mass is 9.98. The van der Waals surface area contributed by atoms with E-state index < -0.39 is 0 Å². The van der Waals surface area contributed by atoms with Gasteiger partial charge in [0.2, 0.25) is 0 Å². The highest BCUT2D eigenvalue weighted by molar-refractivity contribution is 5.91. The number of anilines is 1. The lowest BCUT2D eigenvalue weighted by Gasteiger charge is -2.28. The highest BCUT2D eigenvalue weighted by atomic mass is 16.5. The molecule has 4 N–H and O–H groups in total. The smallest absolute Gasteiger partial charge is 0.319 e. The van der Waals surface area contributed by atoms with Crippen LogP contribution in [-0.4, -0.2) is 25.2 Å². The molecule has 0 radical (unpaired) electrons. The number of ether oxygens (including phenoxy) is 1. The highest BCUT2D eigenvalue weighted by Crippen LogP contribution is 2.29. The van der Waals surface area contributed by atoms with E-state index in [-0.39, 0.29) is 11.6 Å². The molecule has 2 rings (SSSR count). The van der Waals surface area contributed by atoms with Crippen molar-refractivity contribution < 1.29 is 9.53 Å². The lowest BCUT2D eigenvalue weighted by molar-refractivity contribution is 0.237. The summed E-state index contributed by atoms with van der Waals surface area (Å²) in [6.45, 7) is 0.479. The molecule has 0 heterocycles. The number of methoxy groups -OCH3 is 1. The third-order valence-corrected chi connectivity index (χ3v) is 3.69. The molecule has 19 heavy (non-hydrogen) atoms. The first kappa shape index (κ1) is 13.7. The summed E-state index contributed by atoms with van der Waals surface area (Å²) in [5.41, 5.74) is 6.22. The molecule has 0 spiro atoms. The number of rotatable bonds is 4. The predicted octanol–water partition coefficient (Wildman–Crippen LogP) is 2.09. The summed E-state index contributed by atoms with van der Waals surface area (Å²) in [5, 5.41) is 5.83. The lowest BCUT2D eigenvalue weighted by Crippen LogP contribution is -2.53. The van der Waals surface area contributed by atoms with Gasteiger partial charge < -0.3 is 21.1 Å². The molecule has 5 nitrogen and oxygen atoms in total. The van der Waals surface area contributed by atoms with Crippen molar-refractivity contribution in [1.82, 2.24) is 5.32 Å². The molecule has 1 fully saturated rings. The van der Waals surface area contributed by atoms with Gasteiger partial charge in [0.25, 0.3) is 0 Å². The van der Waals surface area contributed by atoms with Gasteiger partial charge in [-0.1, -0.05) is 25.0 Å². The average molecular weight is 263 g/mol. The van der Waals surface area contributed by atoms with Gasteiger partial charge in [0.05, 0.1) is 18.3 Å². The first-order chi connectivity index (χ1) is 9.19. The van der Waals surface area contributed by atoms with Crippen LogP contribution in [0.5, 0.6) is 5.75 Å². The van der Waals surface area contributed by atoms with Crippen LogP contribution >= 0.6 is 0 Å². The molecule has 1 saturated carbocycles. The van der Waals surface area contributed by atoms with Crippen molar-refractivity contribution in [1.29, 1.82) is 0 Å². The largest absolute Gasteiger partial charge is 0.495 e. The molecule has 1 aromatic carbocycles. The predicted molar refractivity (Wildman–Crippen MR) is 75.4 cm³/mol. The van der Waals surface area contributed by atoms with Crippen LogP contribution in [-0.2, 0) is 0 Å². The van der Waals surface area contributed by atoms with Crippen molar-refractivity contribution in [2.75, 3.05) is 19.0 Å². The number of nitrogens with two attached hydrogens (primary N) is 1. The third-order valence-electron chi connectivity index (χ3n) is 3.69. The zero-order chi connectivity index (χ0) is 13.7. The fraction of sp³-hybridized carbons (Fsp3) is 0.500. The van der Waals surface area contributed by atoms with Gasteiger partial charge in [-0.3, -0.25) is 0 Å². The average Bonchev–Trinajstić information content (AvgIpc) is 2.88. The van der Waals surface area contributed by atoms with Gasteiger partial charge in [0.1, 0.15) is 5.75 Å². The van der Waals surface area contributed by atoms with Crippen LogP contribution in [0.25, 0.3) is 0 Å². The minimum absolute atomic E-state index is 0.225. The van der Waals surface area contributed by atoms with Crippen LogP contribution in [0, 0.1) is 0 Å². The second kappa shape index (κ2) is 5.93. The van der Waals surface area contributed by atoms with E-state index in [1.165, 1.54) is 0 Å². The number of nitrogens with one attached hydrogen (secondary N) is 2. The van der Waals surface area contributed by atoms with E-state index in [1.54, 1.807) is 7.11 Å². The summed E-state index contributed by atoms with van der Waals surface area (Å²) in [6.07, 6.45) is 4.13. The minimum Gasteiger partial charge on any atom is -0.495 e. The first-order valence-electron chi connectivity index (χ1n) is 6.61. The van der Waals surface area contributed by atoms with E-state index in [0.29, 0.717) is 18.0 Å². The molecular weight excluding hydrogens is 242 g/mol. The van der Waals surface area contributed by atoms with Gasteiger partial charge in [0.15, 0.2) is 0 Å². The van der Waals surface area contributed by atoms with E-state index >= 15 is 0 Å². The maximum Gasteiger partial charge on any atom is 0.319 e. The monoisotopic (exact) mass is 263 g/mol. The molecule has 0 atom stereocenters. The zero-order valence-electron chi connectivity index (χ0n) is 11.2. The Kier molecular flexibility index (Phi) is 4.27. The molecular formula is C14H21N3O2. The van der Waals surface area contributed by atoms with Gasteiger partial charge in [-0.25, -0.2) is 4.79 Å². The Balaban J connectivity index is 2.01. The third kappa shape index (κ3) is 3.17. The summed E-state index contributed by atoms with van der Waals surface area (Å²) in [7, 11) is 1.58. The zero-order valence-corrected chi connectivity index (χ0v) is 11.2. The molecule has 5 heteroatoms. The van der Waals surface area contributed by atoms with Crippen LogP contribution in [0.15, 0.2) is 24.3 Å². The maximum atomic E-state index is 12.1. The number of carbonyl (C=O) groups excluding carboxylic acids is 1. The molecule has 0 saturated heterocycles. The molecule has 0 unspecified atom stereocenters. The number of hydrogen-bond donors (Lipinski definition) is 3. The van der Waals surface area contributed by atoms with Crippen molar-refractivity contribution in [3.63, 3.8) is 0 Å². The standard InChI is InChI=1S/C14H21N3O2/c1-19-12-7-3-2-6-11(12)16-13(18)17-14(10-15)8-4-5-9-14/h2-3,6-7H,4-5,8-10,15H2,1H3,(H2,16,17,18). The Labute approximate surface area is 113 Å². The number of amides is 2. The van der Waals surface area contributed by atoms with E-state index in [1.807, 2.05) is 24.3 Å². The van der Waals surface area contributed by atoms with Gasteiger partial charge in [0, 0.05) is 6.54 Å². The van der Waals surface area contributed by atoms with Crippen molar-refractivity contribution in [2.24, 2.45) is 5.73 Å². The second-order valence-corrected chi connectivity index (χ2v) is 4.97. The van der Waals surface area contributed by atoms with Crippen molar-refractivity contribution >= 4 is 11.7 Å². The molecule has 0 aromatic heterocycles. The van der Waals surface area contributed by atoms with E-state index in [4.69, 9.17) is 10.5 Å². The molecule has 1 aliphatic carbocycles. The fourth-order valence-corrected chi connectivity index (χ4v) is 2.57. The second-order valence-electron chi connectivity index (χ2n) is 4.97. The molecule has 1 aromatic rings. The van der Waals surface area contributed by atoms with Crippen LogP contribution < -0.4 is 21.1 Å². The first-order valence-corrected chi connectivity index (χ1v) is 6.61. The number of benzene rings is 1. The van der Waals surface area contributed by atoms with Crippen LogP contribution in [0.4, 0.5) is 10.5 Å². The normalized spacial score (nSPS) is 16.9. The van der Waals surface area contributed by atoms with Crippen molar-refractivity contribution in [2.45, 2.75) is 31.2 Å². The van der Waals surface area contributed by atoms with Gasteiger partial charge in [-0.05, 0) is 25.0 Å². The molecule has 0 aliphatic heterocycles. The Bertz CT molecular complexity index is 442.